The maximum absolute atomic E-state index is 12.0. The van der Waals surface area contributed by atoms with E-state index in [1.807, 2.05) is 30.3 Å². The lowest BCUT2D eigenvalue weighted by Gasteiger charge is -2.10. The highest BCUT2D eigenvalue weighted by Gasteiger charge is 2.20. The molecule has 2 aromatic carbocycles. The van der Waals surface area contributed by atoms with Crippen molar-refractivity contribution in [2.24, 2.45) is 0 Å². The van der Waals surface area contributed by atoms with Crippen LogP contribution in [0.5, 0.6) is 5.75 Å². The van der Waals surface area contributed by atoms with Crippen molar-refractivity contribution >= 4 is 17.5 Å². The van der Waals surface area contributed by atoms with Gasteiger partial charge < -0.3 is 9.84 Å². The SMILES string of the molecule is O=C(O)C(=O)CC(=O)c1ccccc1OCc1ccccc1. The zero-order valence-corrected chi connectivity index (χ0v) is 11.7. The Labute approximate surface area is 127 Å². The van der Waals surface area contributed by atoms with Gasteiger partial charge in [-0.15, -0.1) is 0 Å². The first kappa shape index (κ1) is 15.4. The van der Waals surface area contributed by atoms with Crippen molar-refractivity contribution in [2.45, 2.75) is 13.0 Å². The Hall–Kier alpha value is -2.95. The summed E-state index contributed by atoms with van der Waals surface area (Å²) in [6.45, 7) is 0.276. The summed E-state index contributed by atoms with van der Waals surface area (Å²) in [6.07, 6.45) is -0.680. The zero-order chi connectivity index (χ0) is 15.9. The van der Waals surface area contributed by atoms with Gasteiger partial charge in [-0.25, -0.2) is 4.79 Å². The molecule has 22 heavy (non-hydrogen) atoms. The number of aliphatic carboxylic acids is 1. The van der Waals surface area contributed by atoms with Gasteiger partial charge in [0.15, 0.2) is 5.78 Å². The predicted molar refractivity (Wildman–Crippen MR) is 78.8 cm³/mol. The molecule has 0 aliphatic heterocycles. The molecule has 2 aromatic rings. The molecule has 5 nitrogen and oxygen atoms in total. The fourth-order valence-corrected chi connectivity index (χ4v) is 1.87. The number of carboxylic acid groups (broad SMARTS) is 1. The van der Waals surface area contributed by atoms with Gasteiger partial charge in [-0.05, 0) is 17.7 Å². The van der Waals surface area contributed by atoms with Crippen LogP contribution in [0.4, 0.5) is 0 Å². The van der Waals surface area contributed by atoms with E-state index in [0.29, 0.717) is 5.75 Å². The molecule has 0 aromatic heterocycles. The molecule has 1 N–H and O–H groups in total. The summed E-state index contributed by atoms with van der Waals surface area (Å²) in [4.78, 5) is 33.7. The third-order valence-corrected chi connectivity index (χ3v) is 2.98. The molecule has 112 valence electrons. The van der Waals surface area contributed by atoms with E-state index in [0.717, 1.165) is 5.56 Å². The van der Waals surface area contributed by atoms with Crippen molar-refractivity contribution in [3.63, 3.8) is 0 Å². The lowest BCUT2D eigenvalue weighted by Crippen LogP contribution is -2.17. The van der Waals surface area contributed by atoms with Crippen LogP contribution in [0, 0.1) is 0 Å². The molecule has 0 spiro atoms. The summed E-state index contributed by atoms with van der Waals surface area (Å²) < 4.78 is 5.61. The van der Waals surface area contributed by atoms with E-state index < -0.39 is 24.0 Å². The van der Waals surface area contributed by atoms with Crippen LogP contribution in [0.25, 0.3) is 0 Å². The monoisotopic (exact) mass is 298 g/mol. The number of ketones is 2. The number of carboxylic acids is 1. The Morgan fingerprint density at radius 1 is 0.909 bits per heavy atom. The largest absolute Gasteiger partial charge is 0.488 e. The Bertz CT molecular complexity index is 691. The van der Waals surface area contributed by atoms with Gasteiger partial charge in [0.1, 0.15) is 12.4 Å². The molecule has 0 unspecified atom stereocenters. The first-order chi connectivity index (χ1) is 10.6. The number of carbonyl (C=O) groups excluding carboxylic acids is 2. The normalized spacial score (nSPS) is 10.0. The van der Waals surface area contributed by atoms with E-state index in [1.165, 1.54) is 6.07 Å². The Morgan fingerprint density at radius 2 is 1.55 bits per heavy atom. The molecule has 0 heterocycles. The maximum Gasteiger partial charge on any atom is 0.372 e. The summed E-state index contributed by atoms with van der Waals surface area (Å²) in [5.41, 5.74) is 1.14. The number of hydrogen-bond donors (Lipinski definition) is 1. The van der Waals surface area contributed by atoms with Crippen LogP contribution in [-0.2, 0) is 16.2 Å². The Balaban J connectivity index is 2.11. The van der Waals surface area contributed by atoms with Gasteiger partial charge in [0, 0.05) is 0 Å². The number of hydrogen-bond acceptors (Lipinski definition) is 4. The molecular weight excluding hydrogens is 284 g/mol. The highest BCUT2D eigenvalue weighted by atomic mass is 16.5. The van der Waals surface area contributed by atoms with Crippen molar-refractivity contribution in [2.75, 3.05) is 0 Å². The smallest absolute Gasteiger partial charge is 0.372 e. The first-order valence-corrected chi connectivity index (χ1v) is 6.63. The molecular formula is C17H14O5. The fourth-order valence-electron chi connectivity index (χ4n) is 1.87. The van der Waals surface area contributed by atoms with E-state index in [1.54, 1.807) is 18.2 Å². The number of carbonyl (C=O) groups is 3. The van der Waals surface area contributed by atoms with E-state index in [9.17, 15) is 14.4 Å². The van der Waals surface area contributed by atoms with Crippen LogP contribution in [0.15, 0.2) is 54.6 Å². The average molecular weight is 298 g/mol. The minimum absolute atomic E-state index is 0.202. The third kappa shape index (κ3) is 4.02. The number of ether oxygens (including phenoxy) is 1. The molecule has 0 saturated carbocycles. The molecule has 0 radical (unpaired) electrons. The highest BCUT2D eigenvalue weighted by molar-refractivity contribution is 6.37. The van der Waals surface area contributed by atoms with E-state index in [2.05, 4.69) is 0 Å². The second kappa shape index (κ2) is 7.17. The van der Waals surface area contributed by atoms with Crippen LogP contribution in [0.2, 0.25) is 0 Å². The molecule has 0 atom stereocenters. The molecule has 0 bridgehead atoms. The standard InChI is InChI=1S/C17H14O5/c18-14(10-15(19)17(20)21)13-8-4-5-9-16(13)22-11-12-6-2-1-3-7-12/h1-9H,10-11H2,(H,20,21). The minimum Gasteiger partial charge on any atom is -0.488 e. The second-order valence-electron chi connectivity index (χ2n) is 4.60. The van der Waals surface area contributed by atoms with Crippen molar-refractivity contribution < 1.29 is 24.2 Å². The highest BCUT2D eigenvalue weighted by Crippen LogP contribution is 2.21. The van der Waals surface area contributed by atoms with Crippen LogP contribution in [0.3, 0.4) is 0 Å². The molecule has 0 aliphatic rings. The van der Waals surface area contributed by atoms with Crippen LogP contribution < -0.4 is 4.74 Å². The summed E-state index contributed by atoms with van der Waals surface area (Å²) in [5.74, 6) is -3.00. The van der Waals surface area contributed by atoms with Gasteiger partial charge in [0.25, 0.3) is 0 Å². The maximum atomic E-state index is 12.0. The van der Waals surface area contributed by atoms with Gasteiger partial charge in [-0.1, -0.05) is 42.5 Å². The predicted octanol–water partition coefficient (Wildman–Crippen LogP) is 2.49. The lowest BCUT2D eigenvalue weighted by molar-refractivity contribution is -0.148. The Kier molecular flexibility index (Phi) is 5.03. The van der Waals surface area contributed by atoms with Crippen molar-refractivity contribution in [1.82, 2.24) is 0 Å². The van der Waals surface area contributed by atoms with Gasteiger partial charge >= 0.3 is 5.97 Å². The van der Waals surface area contributed by atoms with Gasteiger partial charge in [-0.3, -0.25) is 9.59 Å². The summed E-state index contributed by atoms with van der Waals surface area (Å²) in [5, 5.41) is 8.57. The van der Waals surface area contributed by atoms with Gasteiger partial charge in [-0.2, -0.15) is 0 Å². The average Bonchev–Trinajstić information content (AvgIpc) is 2.54. The first-order valence-electron chi connectivity index (χ1n) is 6.63. The van der Waals surface area contributed by atoms with Crippen LogP contribution >= 0.6 is 0 Å². The Morgan fingerprint density at radius 3 is 2.23 bits per heavy atom. The molecule has 0 aliphatic carbocycles. The zero-order valence-electron chi connectivity index (χ0n) is 11.7. The van der Waals surface area contributed by atoms with E-state index in [-0.39, 0.29) is 12.2 Å². The number of Topliss-reactive ketones (excluding diaryl/α,β-unsaturated/α-hetero) is 2. The summed E-state index contributed by atoms with van der Waals surface area (Å²) in [7, 11) is 0. The summed E-state index contributed by atoms with van der Waals surface area (Å²) >= 11 is 0. The summed E-state index contributed by atoms with van der Waals surface area (Å²) in [6, 6.07) is 15.9. The number of benzene rings is 2. The topological polar surface area (TPSA) is 80.7 Å². The van der Waals surface area contributed by atoms with Crippen molar-refractivity contribution in [3.05, 3.63) is 65.7 Å². The van der Waals surface area contributed by atoms with E-state index in [4.69, 9.17) is 9.84 Å². The number of para-hydroxylation sites is 1. The van der Waals surface area contributed by atoms with Crippen LogP contribution in [0.1, 0.15) is 22.3 Å². The van der Waals surface area contributed by atoms with Gasteiger partial charge in [0.2, 0.25) is 5.78 Å². The van der Waals surface area contributed by atoms with E-state index >= 15 is 0 Å². The number of rotatable bonds is 7. The van der Waals surface area contributed by atoms with Crippen molar-refractivity contribution in [3.8, 4) is 5.75 Å². The minimum atomic E-state index is -1.61. The second-order valence-corrected chi connectivity index (χ2v) is 4.60. The molecule has 0 fully saturated rings. The molecule has 2 rings (SSSR count). The molecule has 0 saturated heterocycles. The van der Waals surface area contributed by atoms with Crippen molar-refractivity contribution in [1.29, 1.82) is 0 Å². The lowest BCUT2D eigenvalue weighted by atomic mass is 10.0. The fraction of sp³-hybridized carbons (Fsp3) is 0.118. The van der Waals surface area contributed by atoms with Gasteiger partial charge in [0.05, 0.1) is 12.0 Å². The molecule has 0 amide bonds. The molecule has 5 heteroatoms. The quantitative estimate of drug-likeness (QED) is 0.482. The van der Waals surface area contributed by atoms with Crippen LogP contribution in [-0.4, -0.2) is 22.6 Å². The third-order valence-electron chi connectivity index (χ3n) is 2.98.